The SMILES string of the molecule is CN(c1ccccc1)S(=O)(=O)Cc1cccc(OCC2CO2)c1. The first-order valence-corrected chi connectivity index (χ1v) is 9.00. The van der Waals surface area contributed by atoms with E-state index >= 15 is 0 Å². The van der Waals surface area contributed by atoms with Gasteiger partial charge in [-0.05, 0) is 29.8 Å². The molecule has 1 unspecified atom stereocenters. The molecule has 6 heteroatoms. The lowest BCUT2D eigenvalue weighted by Crippen LogP contribution is -2.27. The summed E-state index contributed by atoms with van der Waals surface area (Å²) < 4.78 is 37.1. The maximum absolute atomic E-state index is 12.6. The minimum absolute atomic E-state index is 0.0739. The van der Waals surface area contributed by atoms with Crippen LogP contribution in [0, 0.1) is 0 Å². The van der Waals surface area contributed by atoms with Crippen LogP contribution in [0.4, 0.5) is 5.69 Å². The lowest BCUT2D eigenvalue weighted by molar-refractivity contribution is 0.263. The molecule has 122 valence electrons. The number of benzene rings is 2. The number of rotatable bonds is 7. The van der Waals surface area contributed by atoms with Crippen LogP contribution in [0.15, 0.2) is 54.6 Å². The van der Waals surface area contributed by atoms with E-state index in [0.29, 0.717) is 23.6 Å². The van der Waals surface area contributed by atoms with Crippen LogP contribution in [-0.2, 0) is 20.5 Å². The summed E-state index contributed by atoms with van der Waals surface area (Å²) in [6, 6.07) is 16.2. The van der Waals surface area contributed by atoms with Gasteiger partial charge in [0.15, 0.2) is 0 Å². The van der Waals surface area contributed by atoms with Gasteiger partial charge in [-0.15, -0.1) is 0 Å². The highest BCUT2D eigenvalue weighted by molar-refractivity contribution is 7.92. The average Bonchev–Trinajstić information content (AvgIpc) is 3.37. The number of para-hydroxylation sites is 1. The van der Waals surface area contributed by atoms with Crippen LogP contribution in [0.1, 0.15) is 5.56 Å². The minimum Gasteiger partial charge on any atom is -0.491 e. The molecule has 0 radical (unpaired) electrons. The zero-order chi connectivity index (χ0) is 16.3. The smallest absolute Gasteiger partial charge is 0.239 e. The maximum Gasteiger partial charge on any atom is 0.239 e. The summed E-state index contributed by atoms with van der Waals surface area (Å²) >= 11 is 0. The van der Waals surface area contributed by atoms with Gasteiger partial charge < -0.3 is 9.47 Å². The third-order valence-electron chi connectivity index (χ3n) is 3.62. The fourth-order valence-corrected chi connectivity index (χ4v) is 3.42. The fourth-order valence-electron chi connectivity index (χ4n) is 2.18. The summed E-state index contributed by atoms with van der Waals surface area (Å²) in [5.41, 5.74) is 1.34. The van der Waals surface area contributed by atoms with Gasteiger partial charge in [0, 0.05) is 7.05 Å². The van der Waals surface area contributed by atoms with Gasteiger partial charge in [-0.2, -0.15) is 0 Å². The second-order valence-electron chi connectivity index (χ2n) is 5.47. The Morgan fingerprint density at radius 2 is 1.91 bits per heavy atom. The van der Waals surface area contributed by atoms with Crippen LogP contribution < -0.4 is 9.04 Å². The molecule has 0 N–H and O–H groups in total. The van der Waals surface area contributed by atoms with Gasteiger partial charge in [0.25, 0.3) is 0 Å². The number of hydrogen-bond acceptors (Lipinski definition) is 4. The Hall–Kier alpha value is -2.05. The number of nitrogens with zero attached hydrogens (tertiary/aromatic N) is 1. The van der Waals surface area contributed by atoms with Gasteiger partial charge in [0.2, 0.25) is 10.0 Å². The lowest BCUT2D eigenvalue weighted by Gasteiger charge is -2.19. The van der Waals surface area contributed by atoms with Crippen molar-refractivity contribution in [1.29, 1.82) is 0 Å². The lowest BCUT2D eigenvalue weighted by atomic mass is 10.2. The Balaban J connectivity index is 1.70. The monoisotopic (exact) mass is 333 g/mol. The molecular formula is C17H19NO4S. The number of anilines is 1. The van der Waals surface area contributed by atoms with Crippen LogP contribution in [-0.4, -0.2) is 34.8 Å². The summed E-state index contributed by atoms with van der Waals surface area (Å²) in [5, 5.41) is 0. The van der Waals surface area contributed by atoms with E-state index in [2.05, 4.69) is 0 Å². The van der Waals surface area contributed by atoms with E-state index in [1.54, 1.807) is 37.4 Å². The van der Waals surface area contributed by atoms with Crippen molar-refractivity contribution in [2.45, 2.75) is 11.9 Å². The van der Waals surface area contributed by atoms with E-state index in [9.17, 15) is 8.42 Å². The highest BCUT2D eigenvalue weighted by atomic mass is 32.2. The molecule has 23 heavy (non-hydrogen) atoms. The number of ether oxygens (including phenoxy) is 2. The Kier molecular flexibility index (Phi) is 4.54. The van der Waals surface area contributed by atoms with Crippen molar-refractivity contribution in [3.8, 4) is 5.75 Å². The third kappa shape index (κ3) is 4.24. The van der Waals surface area contributed by atoms with E-state index in [1.807, 2.05) is 24.3 Å². The van der Waals surface area contributed by atoms with Crippen molar-refractivity contribution in [2.75, 3.05) is 24.6 Å². The molecule has 0 amide bonds. The Labute approximate surface area is 136 Å². The molecule has 0 spiro atoms. The molecule has 1 aliphatic heterocycles. The predicted molar refractivity (Wildman–Crippen MR) is 89.1 cm³/mol. The van der Waals surface area contributed by atoms with Gasteiger partial charge in [0.1, 0.15) is 18.5 Å². The molecule has 0 aliphatic carbocycles. The fraction of sp³-hybridized carbons (Fsp3) is 0.294. The first-order valence-electron chi connectivity index (χ1n) is 7.39. The summed E-state index contributed by atoms with van der Waals surface area (Å²) in [7, 11) is -1.88. The Morgan fingerprint density at radius 1 is 1.17 bits per heavy atom. The molecule has 0 saturated carbocycles. The van der Waals surface area contributed by atoms with E-state index < -0.39 is 10.0 Å². The molecule has 3 rings (SSSR count). The molecule has 2 aromatic rings. The van der Waals surface area contributed by atoms with Crippen molar-refractivity contribution in [2.24, 2.45) is 0 Å². The number of hydrogen-bond donors (Lipinski definition) is 0. The molecule has 5 nitrogen and oxygen atoms in total. The second kappa shape index (κ2) is 6.60. The third-order valence-corrected chi connectivity index (χ3v) is 5.37. The van der Waals surface area contributed by atoms with Crippen LogP contribution >= 0.6 is 0 Å². The highest BCUT2D eigenvalue weighted by Crippen LogP contribution is 2.21. The molecule has 2 aromatic carbocycles. The molecule has 0 aromatic heterocycles. The van der Waals surface area contributed by atoms with Crippen molar-refractivity contribution in [1.82, 2.24) is 0 Å². The van der Waals surface area contributed by atoms with Gasteiger partial charge >= 0.3 is 0 Å². The van der Waals surface area contributed by atoms with Gasteiger partial charge in [0.05, 0.1) is 18.0 Å². The van der Waals surface area contributed by atoms with Crippen LogP contribution in [0.25, 0.3) is 0 Å². The summed E-state index contributed by atoms with van der Waals surface area (Å²) in [4.78, 5) is 0. The predicted octanol–water partition coefficient (Wildman–Crippen LogP) is 2.43. The topological polar surface area (TPSA) is 59.1 Å². The number of sulfonamides is 1. The molecular weight excluding hydrogens is 314 g/mol. The van der Waals surface area contributed by atoms with E-state index in [4.69, 9.17) is 9.47 Å². The largest absolute Gasteiger partial charge is 0.491 e. The molecule has 1 aliphatic rings. The zero-order valence-corrected chi connectivity index (χ0v) is 13.7. The first-order chi connectivity index (χ1) is 11.0. The van der Waals surface area contributed by atoms with E-state index in [1.165, 1.54) is 4.31 Å². The van der Waals surface area contributed by atoms with E-state index in [0.717, 1.165) is 6.61 Å². The van der Waals surface area contributed by atoms with Crippen LogP contribution in [0.5, 0.6) is 5.75 Å². The zero-order valence-electron chi connectivity index (χ0n) is 12.9. The summed E-state index contributed by atoms with van der Waals surface area (Å²) in [6.45, 7) is 1.23. The van der Waals surface area contributed by atoms with Crippen molar-refractivity contribution in [3.05, 3.63) is 60.2 Å². The molecule has 1 fully saturated rings. The highest BCUT2D eigenvalue weighted by Gasteiger charge is 2.23. The van der Waals surface area contributed by atoms with Crippen LogP contribution in [0.3, 0.4) is 0 Å². The van der Waals surface area contributed by atoms with E-state index in [-0.39, 0.29) is 11.9 Å². The van der Waals surface area contributed by atoms with Gasteiger partial charge in [-0.3, -0.25) is 4.31 Å². The maximum atomic E-state index is 12.6. The molecule has 0 bridgehead atoms. The average molecular weight is 333 g/mol. The summed E-state index contributed by atoms with van der Waals surface area (Å²) in [5.74, 6) is 0.589. The molecule has 1 saturated heterocycles. The molecule has 1 heterocycles. The first kappa shape index (κ1) is 15.8. The minimum atomic E-state index is -3.45. The van der Waals surface area contributed by atoms with Crippen LogP contribution in [0.2, 0.25) is 0 Å². The summed E-state index contributed by atoms with van der Waals surface area (Å²) in [6.07, 6.45) is 0.173. The van der Waals surface area contributed by atoms with Crippen molar-refractivity contribution >= 4 is 15.7 Å². The van der Waals surface area contributed by atoms with Crippen molar-refractivity contribution < 1.29 is 17.9 Å². The van der Waals surface area contributed by atoms with Gasteiger partial charge in [-0.25, -0.2) is 8.42 Å². The Bertz CT molecular complexity index is 757. The van der Waals surface area contributed by atoms with Gasteiger partial charge in [-0.1, -0.05) is 30.3 Å². The standard InChI is InChI=1S/C17H19NO4S/c1-18(15-7-3-2-4-8-15)23(19,20)13-14-6-5-9-16(10-14)21-11-17-12-22-17/h2-10,17H,11-13H2,1H3. The normalized spacial score (nSPS) is 16.8. The molecule has 1 atom stereocenters. The Morgan fingerprint density at radius 3 is 2.61 bits per heavy atom. The number of epoxide rings is 1. The second-order valence-corrected chi connectivity index (χ2v) is 7.47. The quantitative estimate of drug-likeness (QED) is 0.730. The van der Waals surface area contributed by atoms with Crippen molar-refractivity contribution in [3.63, 3.8) is 0 Å².